The van der Waals surface area contributed by atoms with Gasteiger partial charge in [0.25, 0.3) is 5.91 Å². The number of benzene rings is 2. The molecule has 0 fully saturated rings. The van der Waals surface area contributed by atoms with E-state index in [0.29, 0.717) is 47.2 Å². The van der Waals surface area contributed by atoms with Crippen molar-refractivity contribution >= 4 is 35.0 Å². The molecule has 0 saturated heterocycles. The maximum Gasteiger partial charge on any atom is 0.323 e. The van der Waals surface area contributed by atoms with E-state index in [-0.39, 0.29) is 36.3 Å². The molecule has 0 bridgehead atoms. The highest BCUT2D eigenvalue weighted by Gasteiger charge is 2.31. The summed E-state index contributed by atoms with van der Waals surface area (Å²) >= 11 is 0. The number of carbonyl (C=O) groups excluding carboxylic acids is 3. The molecule has 0 spiro atoms. The number of methoxy groups -OCH3 is 1. The Morgan fingerprint density at radius 2 is 1.71 bits per heavy atom. The number of aromatic nitrogens is 1. The van der Waals surface area contributed by atoms with Crippen molar-refractivity contribution in [2.24, 2.45) is 5.92 Å². The number of aryl methyl sites for hydroxylation is 2. The van der Waals surface area contributed by atoms with Crippen LogP contribution in [0.5, 0.6) is 5.75 Å². The van der Waals surface area contributed by atoms with Gasteiger partial charge < -0.3 is 39.7 Å². The number of carbonyl (C=O) groups is 3. The molecule has 1 aliphatic rings. The van der Waals surface area contributed by atoms with Gasteiger partial charge in [0.1, 0.15) is 23.7 Å². The molecule has 224 valence electrons. The number of fused-ring (bicyclic) bond motifs is 1. The quantitative estimate of drug-likeness (QED) is 0.397. The van der Waals surface area contributed by atoms with E-state index in [1.807, 2.05) is 32.0 Å². The summed E-state index contributed by atoms with van der Waals surface area (Å²) in [7, 11) is 3.29. The lowest BCUT2D eigenvalue weighted by Gasteiger charge is -2.36. The lowest BCUT2D eigenvalue weighted by molar-refractivity contribution is 0.0174. The first kappa shape index (κ1) is 30.4. The van der Waals surface area contributed by atoms with E-state index in [2.05, 4.69) is 21.1 Å². The van der Waals surface area contributed by atoms with Gasteiger partial charge >= 0.3 is 12.1 Å². The van der Waals surface area contributed by atoms with E-state index in [0.717, 1.165) is 0 Å². The Morgan fingerprint density at radius 3 is 2.38 bits per heavy atom. The van der Waals surface area contributed by atoms with E-state index < -0.39 is 12.1 Å². The highest BCUT2D eigenvalue weighted by molar-refractivity contribution is 6.01. The Kier molecular flexibility index (Phi) is 9.68. The van der Waals surface area contributed by atoms with Crippen LogP contribution in [0.1, 0.15) is 35.7 Å². The second kappa shape index (κ2) is 13.4. The molecule has 3 aromatic rings. The average molecular weight is 579 g/mol. The van der Waals surface area contributed by atoms with Crippen molar-refractivity contribution in [1.29, 1.82) is 0 Å². The smallest absolute Gasteiger partial charge is 0.323 e. The van der Waals surface area contributed by atoms with E-state index >= 15 is 0 Å². The Morgan fingerprint density at radius 1 is 1.00 bits per heavy atom. The number of nitrogens with one attached hydrogen (secondary N) is 3. The van der Waals surface area contributed by atoms with Gasteiger partial charge in [-0.15, -0.1) is 0 Å². The van der Waals surface area contributed by atoms with Crippen molar-refractivity contribution in [3.05, 3.63) is 65.5 Å². The van der Waals surface area contributed by atoms with Crippen molar-refractivity contribution in [2.75, 3.05) is 49.8 Å². The molecule has 1 aromatic heterocycles. The van der Waals surface area contributed by atoms with Gasteiger partial charge in [0, 0.05) is 50.6 Å². The van der Waals surface area contributed by atoms with Crippen LogP contribution in [0.15, 0.2) is 53.1 Å². The van der Waals surface area contributed by atoms with E-state index in [4.69, 9.17) is 14.0 Å². The summed E-state index contributed by atoms with van der Waals surface area (Å²) in [5.74, 6) is 0.426. The van der Waals surface area contributed by atoms with Crippen LogP contribution in [0.3, 0.4) is 0 Å². The van der Waals surface area contributed by atoms with Crippen LogP contribution in [0.4, 0.5) is 26.7 Å². The molecule has 0 saturated carbocycles. The maximum absolute atomic E-state index is 13.6. The highest BCUT2D eigenvalue weighted by Crippen LogP contribution is 2.27. The van der Waals surface area contributed by atoms with Crippen LogP contribution in [-0.4, -0.2) is 78.9 Å². The summed E-state index contributed by atoms with van der Waals surface area (Å²) in [6, 6.07) is 12.8. The number of likely N-dealkylation sites (N-methyl/N-ethyl adjacent to an activating group) is 1. The zero-order valence-electron chi connectivity index (χ0n) is 24.8. The number of hydrogen-bond donors (Lipinski definition) is 3. The Balaban J connectivity index is 1.61. The lowest BCUT2D eigenvalue weighted by atomic mass is 10.0. The largest absolute Gasteiger partial charge is 0.491 e. The second-order valence-corrected chi connectivity index (χ2v) is 10.5. The first-order chi connectivity index (χ1) is 20.1. The molecule has 5 amide bonds. The standard InChI is InChI=1S/C30H38N6O6/c1-18-15-36(30(39)33-27-20(3)34-42-21(27)4)19(2)17-41-25-14-23(32-29(38)31-22-10-8-7-9-11-22)12-13-24(25)28(37)35(5)16-26(18)40-6/h7-14,18-19,26H,15-17H2,1-6H3,(H,33,39)(H2,31,32,38)/t18-,19-,26+/m1/s1. The van der Waals surface area contributed by atoms with E-state index in [1.54, 1.807) is 68.1 Å². The van der Waals surface area contributed by atoms with Gasteiger partial charge in [-0.05, 0) is 45.0 Å². The third-order valence-corrected chi connectivity index (χ3v) is 7.26. The summed E-state index contributed by atoms with van der Waals surface area (Å²) in [5.41, 5.74) is 2.50. The van der Waals surface area contributed by atoms with Gasteiger partial charge in [-0.2, -0.15) is 0 Å². The van der Waals surface area contributed by atoms with Crippen molar-refractivity contribution in [3.63, 3.8) is 0 Å². The van der Waals surface area contributed by atoms with Crippen LogP contribution < -0.4 is 20.7 Å². The number of amides is 5. The third kappa shape index (κ3) is 7.19. The molecule has 4 rings (SSSR count). The summed E-state index contributed by atoms with van der Waals surface area (Å²) in [5, 5.41) is 12.4. The number of hydrogen-bond acceptors (Lipinski definition) is 7. The van der Waals surface area contributed by atoms with Crippen LogP contribution >= 0.6 is 0 Å². The molecule has 3 atom stereocenters. The van der Waals surface area contributed by atoms with Crippen molar-refractivity contribution in [2.45, 2.75) is 39.8 Å². The molecule has 12 heteroatoms. The average Bonchev–Trinajstić information content (AvgIpc) is 3.28. The van der Waals surface area contributed by atoms with Crippen molar-refractivity contribution < 1.29 is 28.4 Å². The summed E-state index contributed by atoms with van der Waals surface area (Å²) < 4.78 is 17.2. The van der Waals surface area contributed by atoms with Crippen molar-refractivity contribution in [3.8, 4) is 5.75 Å². The van der Waals surface area contributed by atoms with Gasteiger partial charge in [0.15, 0.2) is 5.76 Å². The molecule has 1 aliphatic heterocycles. The fourth-order valence-corrected chi connectivity index (χ4v) is 4.79. The van der Waals surface area contributed by atoms with Gasteiger partial charge in [-0.3, -0.25) is 4.79 Å². The van der Waals surface area contributed by atoms with Crippen LogP contribution in [0, 0.1) is 19.8 Å². The summed E-state index contributed by atoms with van der Waals surface area (Å²) in [4.78, 5) is 42.9. The van der Waals surface area contributed by atoms with E-state index in [9.17, 15) is 14.4 Å². The number of urea groups is 2. The minimum atomic E-state index is -0.440. The second-order valence-electron chi connectivity index (χ2n) is 10.5. The Hall–Kier alpha value is -4.58. The maximum atomic E-state index is 13.6. The Bertz CT molecular complexity index is 1390. The molecule has 2 heterocycles. The molecule has 3 N–H and O–H groups in total. The molecule has 0 unspecified atom stereocenters. The third-order valence-electron chi connectivity index (χ3n) is 7.26. The number of rotatable bonds is 4. The summed E-state index contributed by atoms with van der Waals surface area (Å²) in [6.07, 6.45) is -0.341. The highest BCUT2D eigenvalue weighted by atomic mass is 16.5. The first-order valence-corrected chi connectivity index (χ1v) is 13.8. The van der Waals surface area contributed by atoms with Crippen molar-refractivity contribution in [1.82, 2.24) is 15.0 Å². The molecule has 12 nitrogen and oxygen atoms in total. The normalized spacial score (nSPS) is 19.6. The topological polar surface area (TPSA) is 138 Å². The predicted octanol–water partition coefficient (Wildman–Crippen LogP) is 4.97. The first-order valence-electron chi connectivity index (χ1n) is 13.8. The monoisotopic (exact) mass is 578 g/mol. The van der Waals surface area contributed by atoms with Crippen LogP contribution in [0.25, 0.3) is 0 Å². The van der Waals surface area contributed by atoms with Gasteiger partial charge in [-0.1, -0.05) is 30.3 Å². The predicted molar refractivity (Wildman–Crippen MR) is 159 cm³/mol. The molecule has 2 aromatic carbocycles. The fraction of sp³-hybridized carbons (Fsp3) is 0.400. The van der Waals surface area contributed by atoms with E-state index in [1.165, 1.54) is 0 Å². The zero-order chi connectivity index (χ0) is 30.4. The molecule has 42 heavy (non-hydrogen) atoms. The fourth-order valence-electron chi connectivity index (χ4n) is 4.79. The Labute approximate surface area is 245 Å². The van der Waals surface area contributed by atoms with Crippen LogP contribution in [0.2, 0.25) is 0 Å². The number of para-hydroxylation sites is 1. The number of anilines is 3. The summed E-state index contributed by atoms with van der Waals surface area (Å²) in [6.45, 7) is 8.07. The van der Waals surface area contributed by atoms with Gasteiger partial charge in [0.2, 0.25) is 0 Å². The molecular weight excluding hydrogens is 540 g/mol. The minimum absolute atomic E-state index is 0.0864. The molecular formula is C30H38N6O6. The number of ether oxygens (including phenoxy) is 2. The van der Waals surface area contributed by atoms with Gasteiger partial charge in [0.05, 0.1) is 17.7 Å². The molecule has 0 radical (unpaired) electrons. The SMILES string of the molecule is CO[C@H]1CN(C)C(=O)c2ccc(NC(=O)Nc3ccccc3)cc2OC[C@@H](C)N(C(=O)Nc2c(C)noc2C)C[C@H]1C. The number of nitrogens with zero attached hydrogens (tertiary/aromatic N) is 3. The minimum Gasteiger partial charge on any atom is -0.491 e. The van der Waals surface area contributed by atoms with Gasteiger partial charge in [-0.25, -0.2) is 9.59 Å². The lowest BCUT2D eigenvalue weighted by Crippen LogP contribution is -2.50. The molecule has 0 aliphatic carbocycles. The zero-order valence-corrected chi connectivity index (χ0v) is 24.8. The van der Waals surface area contributed by atoms with Crippen LogP contribution in [-0.2, 0) is 4.74 Å².